The third-order valence-corrected chi connectivity index (χ3v) is 3.69. The Kier molecular flexibility index (Phi) is 5.79. The van der Waals surface area contributed by atoms with Gasteiger partial charge in [0.25, 0.3) is 0 Å². The van der Waals surface area contributed by atoms with Gasteiger partial charge in [0.05, 0.1) is 11.8 Å². The SMILES string of the molecule is CCN(CC(C)C(=O)O)C(=O)C1CCCN(C(N)=O)C1. The molecule has 2 atom stereocenters. The second-order valence-corrected chi connectivity index (χ2v) is 5.24. The lowest BCUT2D eigenvalue weighted by Crippen LogP contribution is -2.49. The zero-order valence-corrected chi connectivity index (χ0v) is 12.0. The maximum Gasteiger partial charge on any atom is 0.314 e. The first-order valence-corrected chi connectivity index (χ1v) is 6.92. The zero-order chi connectivity index (χ0) is 15.3. The normalized spacial score (nSPS) is 20.3. The van der Waals surface area contributed by atoms with Crippen LogP contribution in [0.15, 0.2) is 0 Å². The molecule has 1 aliphatic heterocycles. The van der Waals surface area contributed by atoms with E-state index in [9.17, 15) is 14.4 Å². The Morgan fingerprint density at radius 1 is 1.45 bits per heavy atom. The number of hydrogen-bond acceptors (Lipinski definition) is 3. The number of hydrogen-bond donors (Lipinski definition) is 2. The predicted octanol–water partition coefficient (Wildman–Crippen LogP) is 0.346. The van der Waals surface area contributed by atoms with Crippen molar-refractivity contribution in [2.75, 3.05) is 26.2 Å². The number of carbonyl (C=O) groups is 3. The van der Waals surface area contributed by atoms with Crippen molar-refractivity contribution in [3.05, 3.63) is 0 Å². The van der Waals surface area contributed by atoms with Crippen molar-refractivity contribution >= 4 is 17.9 Å². The van der Waals surface area contributed by atoms with Crippen LogP contribution in [0.4, 0.5) is 4.79 Å². The molecule has 1 heterocycles. The van der Waals surface area contributed by atoms with Crippen molar-refractivity contribution in [3.8, 4) is 0 Å². The highest BCUT2D eigenvalue weighted by molar-refractivity contribution is 5.81. The van der Waals surface area contributed by atoms with Gasteiger partial charge in [0.1, 0.15) is 0 Å². The molecule has 0 aromatic heterocycles. The molecule has 7 nitrogen and oxygen atoms in total. The lowest BCUT2D eigenvalue weighted by molar-refractivity contribution is -0.144. The van der Waals surface area contributed by atoms with E-state index in [1.54, 1.807) is 11.8 Å². The fourth-order valence-electron chi connectivity index (χ4n) is 2.42. The first-order valence-electron chi connectivity index (χ1n) is 6.92. The number of nitrogens with zero attached hydrogens (tertiary/aromatic N) is 2. The molecule has 0 aromatic carbocycles. The number of primary amides is 1. The second kappa shape index (κ2) is 7.12. The highest BCUT2D eigenvalue weighted by Gasteiger charge is 2.31. The van der Waals surface area contributed by atoms with E-state index in [1.807, 2.05) is 6.92 Å². The van der Waals surface area contributed by atoms with Gasteiger partial charge in [-0.05, 0) is 19.8 Å². The third-order valence-electron chi connectivity index (χ3n) is 3.69. The Bertz CT molecular complexity index is 380. The molecule has 2 unspecified atom stereocenters. The van der Waals surface area contributed by atoms with Crippen LogP contribution >= 0.6 is 0 Å². The van der Waals surface area contributed by atoms with Crippen LogP contribution in [0.3, 0.4) is 0 Å². The smallest absolute Gasteiger partial charge is 0.314 e. The lowest BCUT2D eigenvalue weighted by atomic mass is 9.96. The van der Waals surface area contributed by atoms with Gasteiger partial charge in [-0.3, -0.25) is 9.59 Å². The van der Waals surface area contributed by atoms with Crippen LogP contribution in [0.2, 0.25) is 0 Å². The van der Waals surface area contributed by atoms with Crippen LogP contribution in [0.5, 0.6) is 0 Å². The van der Waals surface area contributed by atoms with Gasteiger partial charge in [-0.25, -0.2) is 4.79 Å². The largest absolute Gasteiger partial charge is 0.481 e. The molecule has 0 aliphatic carbocycles. The van der Waals surface area contributed by atoms with Crippen molar-refractivity contribution in [2.24, 2.45) is 17.6 Å². The van der Waals surface area contributed by atoms with Gasteiger partial charge in [0.2, 0.25) is 5.91 Å². The average molecular weight is 285 g/mol. The Labute approximate surface area is 118 Å². The number of carbonyl (C=O) groups excluding carboxylic acids is 2. The maximum absolute atomic E-state index is 12.4. The molecule has 0 saturated carbocycles. The molecular weight excluding hydrogens is 262 g/mol. The number of carboxylic acids is 1. The summed E-state index contributed by atoms with van der Waals surface area (Å²) in [6, 6.07) is -0.510. The highest BCUT2D eigenvalue weighted by atomic mass is 16.4. The van der Waals surface area contributed by atoms with Gasteiger partial charge in [0, 0.05) is 26.2 Å². The molecule has 0 spiro atoms. The molecule has 0 aromatic rings. The van der Waals surface area contributed by atoms with Gasteiger partial charge in [0.15, 0.2) is 0 Å². The number of carboxylic acid groups (broad SMARTS) is 1. The lowest BCUT2D eigenvalue weighted by Gasteiger charge is -2.34. The van der Waals surface area contributed by atoms with E-state index in [0.717, 1.165) is 6.42 Å². The van der Waals surface area contributed by atoms with E-state index < -0.39 is 17.9 Å². The zero-order valence-electron chi connectivity index (χ0n) is 12.0. The second-order valence-electron chi connectivity index (χ2n) is 5.24. The van der Waals surface area contributed by atoms with Gasteiger partial charge in [-0.15, -0.1) is 0 Å². The van der Waals surface area contributed by atoms with Gasteiger partial charge in [-0.2, -0.15) is 0 Å². The molecular formula is C13H23N3O4. The predicted molar refractivity (Wildman–Crippen MR) is 72.9 cm³/mol. The van der Waals surface area contributed by atoms with E-state index in [1.165, 1.54) is 4.90 Å². The van der Waals surface area contributed by atoms with Gasteiger partial charge < -0.3 is 20.6 Å². The standard InChI is InChI=1S/C13H23N3O4/c1-3-15(7-9(2)12(18)19)11(17)10-5-4-6-16(8-10)13(14)20/h9-10H,3-8H2,1-2H3,(H2,14,20)(H,18,19). The van der Waals surface area contributed by atoms with Crippen LogP contribution in [0.1, 0.15) is 26.7 Å². The molecule has 1 saturated heterocycles. The number of urea groups is 1. The van der Waals surface area contributed by atoms with Crippen LogP contribution < -0.4 is 5.73 Å². The summed E-state index contributed by atoms with van der Waals surface area (Å²) in [5, 5.41) is 8.93. The van der Waals surface area contributed by atoms with Crippen LogP contribution in [0.25, 0.3) is 0 Å². The Balaban J connectivity index is 2.65. The van der Waals surface area contributed by atoms with Crippen LogP contribution in [0, 0.1) is 11.8 Å². The van der Waals surface area contributed by atoms with E-state index in [4.69, 9.17) is 10.8 Å². The minimum atomic E-state index is -0.918. The van der Waals surface area contributed by atoms with Crippen molar-refractivity contribution in [2.45, 2.75) is 26.7 Å². The molecule has 3 N–H and O–H groups in total. The van der Waals surface area contributed by atoms with E-state index >= 15 is 0 Å². The van der Waals surface area contributed by atoms with Gasteiger partial charge in [-0.1, -0.05) is 6.92 Å². The summed E-state index contributed by atoms with van der Waals surface area (Å²) in [5.74, 6) is -1.89. The van der Waals surface area contributed by atoms with Crippen molar-refractivity contribution in [1.82, 2.24) is 9.80 Å². The highest BCUT2D eigenvalue weighted by Crippen LogP contribution is 2.19. The molecule has 0 bridgehead atoms. The van der Waals surface area contributed by atoms with E-state index in [0.29, 0.717) is 26.1 Å². The number of amides is 3. The van der Waals surface area contributed by atoms with Crippen molar-refractivity contribution in [1.29, 1.82) is 0 Å². The molecule has 20 heavy (non-hydrogen) atoms. The summed E-state index contributed by atoms with van der Waals surface area (Å²) in [5.41, 5.74) is 5.24. The Morgan fingerprint density at radius 2 is 2.10 bits per heavy atom. The fourth-order valence-corrected chi connectivity index (χ4v) is 2.42. The molecule has 1 aliphatic rings. The number of piperidine rings is 1. The Hall–Kier alpha value is -1.79. The van der Waals surface area contributed by atoms with Gasteiger partial charge >= 0.3 is 12.0 Å². The summed E-state index contributed by atoms with van der Waals surface area (Å²) < 4.78 is 0. The topological polar surface area (TPSA) is 104 Å². The third kappa shape index (κ3) is 4.11. The van der Waals surface area contributed by atoms with E-state index in [-0.39, 0.29) is 18.4 Å². The number of aliphatic carboxylic acids is 1. The number of likely N-dealkylation sites (tertiary alicyclic amines) is 1. The van der Waals surface area contributed by atoms with Crippen LogP contribution in [-0.4, -0.2) is 59.0 Å². The summed E-state index contributed by atoms with van der Waals surface area (Å²) in [6.07, 6.45) is 1.45. The molecule has 3 amide bonds. The summed E-state index contributed by atoms with van der Waals surface area (Å²) in [6.45, 7) is 4.96. The van der Waals surface area contributed by atoms with Crippen molar-refractivity contribution in [3.63, 3.8) is 0 Å². The minimum absolute atomic E-state index is 0.0912. The first-order chi connectivity index (χ1) is 9.36. The molecule has 1 fully saturated rings. The summed E-state index contributed by atoms with van der Waals surface area (Å²) in [7, 11) is 0. The summed E-state index contributed by atoms with van der Waals surface area (Å²) in [4.78, 5) is 37.5. The van der Waals surface area contributed by atoms with Crippen LogP contribution in [-0.2, 0) is 9.59 Å². The number of rotatable bonds is 5. The molecule has 114 valence electrons. The monoisotopic (exact) mass is 285 g/mol. The Morgan fingerprint density at radius 3 is 2.60 bits per heavy atom. The van der Waals surface area contributed by atoms with Crippen molar-refractivity contribution < 1.29 is 19.5 Å². The molecule has 7 heteroatoms. The number of nitrogens with two attached hydrogens (primary N) is 1. The maximum atomic E-state index is 12.4. The fraction of sp³-hybridized carbons (Fsp3) is 0.769. The first kappa shape index (κ1) is 16.3. The average Bonchev–Trinajstić information content (AvgIpc) is 2.43. The summed E-state index contributed by atoms with van der Waals surface area (Å²) >= 11 is 0. The minimum Gasteiger partial charge on any atom is -0.481 e. The van der Waals surface area contributed by atoms with E-state index in [2.05, 4.69) is 0 Å². The quantitative estimate of drug-likeness (QED) is 0.760. The molecule has 1 rings (SSSR count). The molecule has 0 radical (unpaired) electrons.